The van der Waals surface area contributed by atoms with Crippen LogP contribution in [0.5, 0.6) is 0 Å². The molecule has 0 saturated carbocycles. The smallest absolute Gasteiger partial charge is 0.244 e. The lowest BCUT2D eigenvalue weighted by Gasteiger charge is -2.05. The van der Waals surface area contributed by atoms with Crippen LogP contribution < -0.4 is 4.72 Å². The van der Waals surface area contributed by atoms with Crippen molar-refractivity contribution >= 4 is 21.4 Å². The molecule has 3 rings (SSSR count). The van der Waals surface area contributed by atoms with Crippen molar-refractivity contribution in [1.82, 2.24) is 19.9 Å². The van der Waals surface area contributed by atoms with E-state index >= 15 is 0 Å². The average Bonchev–Trinajstić information content (AvgIpc) is 3.15. The second kappa shape index (κ2) is 6.84. The molecule has 0 spiro atoms. The monoisotopic (exact) mass is 362 g/mol. The van der Waals surface area contributed by atoms with E-state index in [1.54, 1.807) is 25.2 Å². The van der Waals surface area contributed by atoms with Crippen molar-refractivity contribution < 1.29 is 8.42 Å². The number of benzene rings is 1. The number of hydrogen-bond acceptors (Lipinski definition) is 5. The van der Waals surface area contributed by atoms with Crippen molar-refractivity contribution in [1.29, 1.82) is 0 Å². The third kappa shape index (κ3) is 3.55. The fourth-order valence-corrected chi connectivity index (χ4v) is 4.72. The third-order valence-electron chi connectivity index (χ3n) is 3.57. The van der Waals surface area contributed by atoms with Crippen molar-refractivity contribution in [2.75, 3.05) is 6.54 Å². The summed E-state index contributed by atoms with van der Waals surface area (Å²) >= 11 is 1.56. The Morgan fingerprint density at radius 1 is 1.21 bits per heavy atom. The molecule has 0 amide bonds. The molecule has 0 fully saturated rings. The van der Waals surface area contributed by atoms with E-state index in [1.165, 1.54) is 0 Å². The van der Waals surface area contributed by atoms with Gasteiger partial charge in [-0.3, -0.25) is 5.10 Å². The molecule has 0 bridgehead atoms. The fraction of sp³-hybridized carbons (Fsp3) is 0.250. The van der Waals surface area contributed by atoms with E-state index in [-0.39, 0.29) is 4.90 Å². The topological polar surface area (TPSA) is 87.7 Å². The summed E-state index contributed by atoms with van der Waals surface area (Å²) in [6.45, 7) is 3.66. The maximum Gasteiger partial charge on any atom is 0.244 e. The summed E-state index contributed by atoms with van der Waals surface area (Å²) in [6, 6.07) is 9.93. The molecule has 0 unspecified atom stereocenters. The van der Waals surface area contributed by atoms with E-state index in [0.29, 0.717) is 24.4 Å². The Labute approximate surface area is 145 Å². The van der Waals surface area contributed by atoms with Gasteiger partial charge in [-0.05, 0) is 13.8 Å². The second-order valence-corrected chi connectivity index (χ2v) is 7.98. The van der Waals surface area contributed by atoms with Gasteiger partial charge in [0.2, 0.25) is 10.0 Å². The summed E-state index contributed by atoms with van der Waals surface area (Å²) < 4.78 is 27.3. The highest BCUT2D eigenvalue weighted by atomic mass is 32.2. The predicted octanol–water partition coefficient (Wildman–Crippen LogP) is 2.67. The summed E-state index contributed by atoms with van der Waals surface area (Å²) in [5.74, 6) is 0. The first-order valence-electron chi connectivity index (χ1n) is 7.48. The zero-order valence-corrected chi connectivity index (χ0v) is 15.0. The van der Waals surface area contributed by atoms with Gasteiger partial charge >= 0.3 is 0 Å². The zero-order chi connectivity index (χ0) is 17.2. The maximum atomic E-state index is 12.4. The van der Waals surface area contributed by atoms with Crippen LogP contribution in [0.4, 0.5) is 0 Å². The molecule has 2 aromatic heterocycles. The largest absolute Gasteiger partial charge is 0.281 e. The molecule has 0 saturated heterocycles. The standard InChI is InChI=1S/C16H18N4O2S2/c1-11-15(12(2)20-19-11)24(21,22)17-9-8-14-10-23-16(18-14)13-6-4-3-5-7-13/h3-7,10,17H,8-9H2,1-2H3,(H,19,20). The van der Waals surface area contributed by atoms with Crippen LogP contribution in [0, 0.1) is 13.8 Å². The number of aryl methyl sites for hydroxylation is 2. The number of aromatic amines is 1. The van der Waals surface area contributed by atoms with Gasteiger partial charge in [-0.2, -0.15) is 5.10 Å². The Bertz CT molecular complexity index is 911. The first kappa shape index (κ1) is 16.8. The molecular weight excluding hydrogens is 344 g/mol. The second-order valence-electron chi connectivity index (χ2n) is 5.42. The highest BCUT2D eigenvalue weighted by Gasteiger charge is 2.21. The van der Waals surface area contributed by atoms with Crippen LogP contribution in [0.25, 0.3) is 10.6 Å². The van der Waals surface area contributed by atoms with Crippen molar-refractivity contribution in [2.24, 2.45) is 0 Å². The first-order chi connectivity index (χ1) is 11.5. The number of rotatable bonds is 6. The number of thiazole rings is 1. The Hall–Kier alpha value is -2.03. The molecule has 0 aliphatic rings. The van der Waals surface area contributed by atoms with Crippen LogP contribution in [0.15, 0.2) is 40.6 Å². The number of nitrogens with one attached hydrogen (secondary N) is 2. The number of hydrogen-bond donors (Lipinski definition) is 2. The molecule has 0 aliphatic heterocycles. The molecule has 0 aliphatic carbocycles. The van der Waals surface area contributed by atoms with Crippen molar-refractivity contribution in [3.05, 3.63) is 52.8 Å². The molecule has 0 radical (unpaired) electrons. The molecule has 6 nitrogen and oxygen atoms in total. The highest BCUT2D eigenvalue weighted by molar-refractivity contribution is 7.89. The number of nitrogens with zero attached hydrogens (tertiary/aromatic N) is 2. The molecule has 126 valence electrons. The minimum atomic E-state index is -3.56. The van der Waals surface area contributed by atoms with Gasteiger partial charge in [0.05, 0.1) is 17.1 Å². The average molecular weight is 362 g/mol. The van der Waals surface area contributed by atoms with Gasteiger partial charge in [0, 0.05) is 23.9 Å². The summed E-state index contributed by atoms with van der Waals surface area (Å²) in [6.07, 6.45) is 0.540. The van der Waals surface area contributed by atoms with Crippen LogP contribution in [-0.4, -0.2) is 30.1 Å². The SMILES string of the molecule is Cc1n[nH]c(C)c1S(=O)(=O)NCCc1csc(-c2ccccc2)n1. The zero-order valence-electron chi connectivity index (χ0n) is 13.4. The summed E-state index contributed by atoms with van der Waals surface area (Å²) in [7, 11) is -3.56. The minimum absolute atomic E-state index is 0.228. The quantitative estimate of drug-likeness (QED) is 0.706. The summed E-state index contributed by atoms with van der Waals surface area (Å²) in [4.78, 5) is 4.79. The van der Waals surface area contributed by atoms with Gasteiger partial charge < -0.3 is 0 Å². The van der Waals surface area contributed by atoms with E-state index in [1.807, 2.05) is 35.7 Å². The van der Waals surface area contributed by atoms with E-state index in [0.717, 1.165) is 16.3 Å². The third-order valence-corrected chi connectivity index (χ3v) is 6.24. The van der Waals surface area contributed by atoms with Crippen molar-refractivity contribution in [3.8, 4) is 10.6 Å². The van der Waals surface area contributed by atoms with Gasteiger partial charge in [0.25, 0.3) is 0 Å². The predicted molar refractivity (Wildman–Crippen MR) is 94.5 cm³/mol. The number of H-pyrrole nitrogens is 1. The van der Waals surface area contributed by atoms with E-state index in [4.69, 9.17) is 0 Å². The van der Waals surface area contributed by atoms with Crippen LogP contribution >= 0.6 is 11.3 Å². The Kier molecular flexibility index (Phi) is 4.79. The highest BCUT2D eigenvalue weighted by Crippen LogP contribution is 2.23. The van der Waals surface area contributed by atoms with Crippen LogP contribution in [-0.2, 0) is 16.4 Å². The lowest BCUT2D eigenvalue weighted by Crippen LogP contribution is -2.27. The van der Waals surface area contributed by atoms with Gasteiger partial charge in [-0.1, -0.05) is 30.3 Å². The van der Waals surface area contributed by atoms with E-state index < -0.39 is 10.0 Å². The molecular formula is C16H18N4O2S2. The van der Waals surface area contributed by atoms with Crippen LogP contribution in [0.1, 0.15) is 17.1 Å². The van der Waals surface area contributed by atoms with Gasteiger partial charge in [-0.15, -0.1) is 11.3 Å². The normalized spacial score (nSPS) is 11.8. The molecule has 0 atom stereocenters. The number of sulfonamides is 1. The molecule has 3 aromatic rings. The lowest BCUT2D eigenvalue weighted by atomic mass is 10.2. The summed E-state index contributed by atoms with van der Waals surface area (Å²) in [5, 5.41) is 9.53. The Morgan fingerprint density at radius 3 is 2.62 bits per heavy atom. The molecule has 24 heavy (non-hydrogen) atoms. The van der Waals surface area contributed by atoms with Crippen LogP contribution in [0.2, 0.25) is 0 Å². The number of aromatic nitrogens is 3. The van der Waals surface area contributed by atoms with Crippen molar-refractivity contribution in [2.45, 2.75) is 25.2 Å². The minimum Gasteiger partial charge on any atom is -0.281 e. The van der Waals surface area contributed by atoms with Crippen LogP contribution in [0.3, 0.4) is 0 Å². The summed E-state index contributed by atoms with van der Waals surface area (Å²) in [5.41, 5.74) is 2.96. The van der Waals surface area contributed by atoms with Gasteiger partial charge in [0.1, 0.15) is 9.90 Å². The van der Waals surface area contributed by atoms with E-state index in [9.17, 15) is 8.42 Å². The molecule has 2 N–H and O–H groups in total. The Morgan fingerprint density at radius 2 is 1.96 bits per heavy atom. The Balaban J connectivity index is 1.64. The van der Waals surface area contributed by atoms with E-state index in [2.05, 4.69) is 19.9 Å². The van der Waals surface area contributed by atoms with Gasteiger partial charge in [0.15, 0.2) is 0 Å². The lowest BCUT2D eigenvalue weighted by molar-refractivity contribution is 0.580. The maximum absolute atomic E-state index is 12.4. The van der Waals surface area contributed by atoms with Gasteiger partial charge in [-0.25, -0.2) is 18.1 Å². The molecule has 2 heterocycles. The molecule has 8 heteroatoms. The molecule has 1 aromatic carbocycles. The first-order valence-corrected chi connectivity index (χ1v) is 9.85. The van der Waals surface area contributed by atoms with Crippen molar-refractivity contribution in [3.63, 3.8) is 0 Å². The fourth-order valence-electron chi connectivity index (χ4n) is 2.46.